The van der Waals surface area contributed by atoms with Gasteiger partial charge in [-0.1, -0.05) is 18.2 Å². The second-order valence-electron chi connectivity index (χ2n) is 6.16. The third-order valence-electron chi connectivity index (χ3n) is 4.53. The van der Waals surface area contributed by atoms with E-state index in [1.165, 1.54) is 0 Å². The van der Waals surface area contributed by atoms with E-state index in [9.17, 15) is 4.79 Å². The molecule has 5 heteroatoms. The van der Waals surface area contributed by atoms with E-state index < -0.39 is 5.60 Å². The Morgan fingerprint density at radius 3 is 2.79 bits per heavy atom. The van der Waals surface area contributed by atoms with Crippen molar-refractivity contribution >= 4 is 5.91 Å². The summed E-state index contributed by atoms with van der Waals surface area (Å²) < 4.78 is 11.6. The Morgan fingerprint density at radius 1 is 1.29 bits per heavy atom. The summed E-state index contributed by atoms with van der Waals surface area (Å²) in [6.07, 6.45) is 4.12. The van der Waals surface area contributed by atoms with Crippen LogP contribution < -0.4 is 4.74 Å². The fourth-order valence-electron chi connectivity index (χ4n) is 2.98. The predicted molar refractivity (Wildman–Crippen MR) is 91.2 cm³/mol. The molecule has 1 aliphatic rings. The molecule has 3 rings (SSSR count). The number of carbonyl (C=O) groups is 1. The summed E-state index contributed by atoms with van der Waals surface area (Å²) in [5, 5.41) is 0. The first-order valence-corrected chi connectivity index (χ1v) is 8.06. The number of amides is 1. The molecule has 24 heavy (non-hydrogen) atoms. The number of nitrogens with zero attached hydrogens (tertiary/aromatic N) is 2. The van der Waals surface area contributed by atoms with E-state index in [4.69, 9.17) is 9.47 Å². The van der Waals surface area contributed by atoms with Gasteiger partial charge >= 0.3 is 0 Å². The molecule has 1 aromatic carbocycles. The maximum absolute atomic E-state index is 12.7. The molecule has 5 nitrogen and oxygen atoms in total. The molecule has 0 spiro atoms. The van der Waals surface area contributed by atoms with E-state index in [1.807, 2.05) is 42.2 Å². The number of carbonyl (C=O) groups excluding carboxylic acids is 1. The lowest BCUT2D eigenvalue weighted by Crippen LogP contribution is -2.42. The Labute approximate surface area is 142 Å². The number of ether oxygens (including phenoxy) is 2. The summed E-state index contributed by atoms with van der Waals surface area (Å²) in [4.78, 5) is 18.6. The van der Waals surface area contributed by atoms with E-state index in [-0.39, 0.29) is 5.91 Å². The first-order chi connectivity index (χ1) is 11.6. The van der Waals surface area contributed by atoms with Gasteiger partial charge in [-0.25, -0.2) is 0 Å². The van der Waals surface area contributed by atoms with Crippen LogP contribution in [-0.2, 0) is 4.74 Å². The molecule has 0 bridgehead atoms. The van der Waals surface area contributed by atoms with Crippen LogP contribution in [0, 0.1) is 6.92 Å². The maximum atomic E-state index is 12.7. The van der Waals surface area contributed by atoms with Crippen LogP contribution in [0.5, 0.6) is 5.75 Å². The minimum absolute atomic E-state index is 0.0218. The highest BCUT2D eigenvalue weighted by Crippen LogP contribution is 2.27. The number of aryl methyl sites for hydroxylation is 1. The molecular formula is C19H22N2O3. The molecule has 1 aliphatic heterocycles. The Kier molecular flexibility index (Phi) is 4.81. The maximum Gasteiger partial charge on any atom is 0.254 e. The molecule has 0 aliphatic carbocycles. The molecule has 2 aromatic rings. The number of aromatic nitrogens is 1. The normalized spacial score (nSPS) is 20.2. The van der Waals surface area contributed by atoms with Gasteiger partial charge in [0.25, 0.3) is 5.91 Å². The average molecular weight is 326 g/mol. The molecule has 1 fully saturated rings. The van der Waals surface area contributed by atoms with Crippen LogP contribution in [0.15, 0.2) is 48.8 Å². The molecule has 0 radical (unpaired) electrons. The Bertz CT molecular complexity index is 705. The highest BCUT2D eigenvalue weighted by molar-refractivity contribution is 5.95. The number of hydrogen-bond donors (Lipinski definition) is 0. The second kappa shape index (κ2) is 7.01. The summed E-state index contributed by atoms with van der Waals surface area (Å²) in [5.41, 5.74) is 1.12. The van der Waals surface area contributed by atoms with E-state index in [0.717, 1.165) is 17.7 Å². The van der Waals surface area contributed by atoms with Crippen molar-refractivity contribution < 1.29 is 14.3 Å². The fraction of sp³-hybridized carbons (Fsp3) is 0.368. The quantitative estimate of drug-likeness (QED) is 0.848. The van der Waals surface area contributed by atoms with Gasteiger partial charge < -0.3 is 14.4 Å². The van der Waals surface area contributed by atoms with Crippen LogP contribution in [0.25, 0.3) is 0 Å². The molecular weight excluding hydrogens is 304 g/mol. The van der Waals surface area contributed by atoms with Crippen molar-refractivity contribution in [2.24, 2.45) is 0 Å². The minimum atomic E-state index is -0.466. The lowest BCUT2D eigenvalue weighted by Gasteiger charge is -2.28. The monoisotopic (exact) mass is 326 g/mol. The van der Waals surface area contributed by atoms with Crippen molar-refractivity contribution in [3.63, 3.8) is 0 Å². The van der Waals surface area contributed by atoms with E-state index in [1.54, 1.807) is 25.6 Å². The largest absolute Gasteiger partial charge is 0.491 e. The predicted octanol–water partition coefficient (Wildman–Crippen LogP) is 2.70. The first kappa shape index (κ1) is 16.5. The SMILES string of the molecule is CO[C@@]1(COc2ccccc2)CCN(C(=O)c2ccncc2C)C1. The molecule has 0 unspecified atom stereocenters. The lowest BCUT2D eigenvalue weighted by molar-refractivity contribution is -0.0342. The van der Waals surface area contributed by atoms with Crippen LogP contribution in [0.1, 0.15) is 22.3 Å². The number of methoxy groups -OCH3 is 1. The van der Waals surface area contributed by atoms with Crippen molar-refractivity contribution in [2.45, 2.75) is 18.9 Å². The molecule has 1 amide bonds. The van der Waals surface area contributed by atoms with Crippen LogP contribution in [-0.4, -0.2) is 48.2 Å². The van der Waals surface area contributed by atoms with Crippen molar-refractivity contribution in [1.29, 1.82) is 0 Å². The van der Waals surface area contributed by atoms with Crippen molar-refractivity contribution in [2.75, 3.05) is 26.8 Å². The Balaban J connectivity index is 1.68. The number of hydrogen-bond acceptors (Lipinski definition) is 4. The van der Waals surface area contributed by atoms with Gasteiger partial charge in [0.15, 0.2) is 0 Å². The van der Waals surface area contributed by atoms with Crippen molar-refractivity contribution in [1.82, 2.24) is 9.88 Å². The van der Waals surface area contributed by atoms with Gasteiger partial charge in [0.05, 0.1) is 6.54 Å². The summed E-state index contributed by atoms with van der Waals surface area (Å²) in [5.74, 6) is 0.831. The minimum Gasteiger partial charge on any atom is -0.491 e. The summed E-state index contributed by atoms with van der Waals surface area (Å²) in [6, 6.07) is 11.4. The van der Waals surface area contributed by atoms with Crippen LogP contribution in [0.4, 0.5) is 0 Å². The number of pyridine rings is 1. The van der Waals surface area contributed by atoms with E-state index in [2.05, 4.69) is 4.98 Å². The van der Waals surface area contributed by atoms with Crippen LogP contribution in [0.2, 0.25) is 0 Å². The zero-order chi connectivity index (χ0) is 17.0. The Hall–Kier alpha value is -2.40. The van der Waals surface area contributed by atoms with Gasteiger partial charge in [-0.05, 0) is 37.1 Å². The number of rotatable bonds is 5. The van der Waals surface area contributed by atoms with Gasteiger partial charge in [-0.15, -0.1) is 0 Å². The highest BCUT2D eigenvalue weighted by atomic mass is 16.5. The lowest BCUT2D eigenvalue weighted by atomic mass is 10.0. The molecule has 1 aromatic heterocycles. The van der Waals surface area contributed by atoms with E-state index >= 15 is 0 Å². The summed E-state index contributed by atoms with van der Waals surface area (Å²) >= 11 is 0. The number of benzene rings is 1. The second-order valence-corrected chi connectivity index (χ2v) is 6.16. The standard InChI is InChI=1S/C19H22N2O3/c1-15-12-20-10-8-17(15)18(22)21-11-9-19(13-21,23-2)14-24-16-6-4-3-5-7-16/h3-8,10,12H,9,11,13-14H2,1-2H3/t19-/m0/s1. The van der Waals surface area contributed by atoms with Crippen molar-refractivity contribution in [3.8, 4) is 5.75 Å². The van der Waals surface area contributed by atoms with Gasteiger partial charge in [0.1, 0.15) is 18.0 Å². The zero-order valence-electron chi connectivity index (χ0n) is 14.1. The van der Waals surface area contributed by atoms with E-state index in [0.29, 0.717) is 25.3 Å². The number of likely N-dealkylation sites (tertiary alicyclic amines) is 1. The third-order valence-corrected chi connectivity index (χ3v) is 4.53. The smallest absolute Gasteiger partial charge is 0.254 e. The van der Waals surface area contributed by atoms with Gasteiger partial charge in [-0.3, -0.25) is 9.78 Å². The molecule has 126 valence electrons. The van der Waals surface area contributed by atoms with Crippen LogP contribution in [0.3, 0.4) is 0 Å². The van der Waals surface area contributed by atoms with Gasteiger partial charge in [-0.2, -0.15) is 0 Å². The zero-order valence-corrected chi connectivity index (χ0v) is 14.1. The summed E-state index contributed by atoms with van der Waals surface area (Å²) in [7, 11) is 1.68. The number of para-hydroxylation sites is 1. The summed E-state index contributed by atoms with van der Waals surface area (Å²) in [6.45, 7) is 3.51. The molecule has 1 atom stereocenters. The Morgan fingerprint density at radius 2 is 2.08 bits per heavy atom. The average Bonchev–Trinajstić information content (AvgIpc) is 3.06. The molecule has 1 saturated heterocycles. The molecule has 0 N–H and O–H groups in total. The first-order valence-electron chi connectivity index (χ1n) is 8.06. The van der Waals surface area contributed by atoms with Gasteiger partial charge in [0, 0.05) is 31.6 Å². The fourth-order valence-corrected chi connectivity index (χ4v) is 2.98. The topological polar surface area (TPSA) is 51.7 Å². The third kappa shape index (κ3) is 3.41. The van der Waals surface area contributed by atoms with Crippen molar-refractivity contribution in [3.05, 3.63) is 59.9 Å². The highest BCUT2D eigenvalue weighted by Gasteiger charge is 2.41. The van der Waals surface area contributed by atoms with Crippen LogP contribution >= 0.6 is 0 Å². The molecule has 0 saturated carbocycles. The van der Waals surface area contributed by atoms with Gasteiger partial charge in [0.2, 0.25) is 0 Å². The molecule has 2 heterocycles.